The van der Waals surface area contributed by atoms with Crippen molar-refractivity contribution >= 4 is 36.0 Å². The highest BCUT2D eigenvalue weighted by Crippen LogP contribution is 2.28. The van der Waals surface area contributed by atoms with Crippen molar-refractivity contribution in [2.75, 3.05) is 11.1 Å². The van der Waals surface area contributed by atoms with E-state index in [9.17, 15) is 14.1 Å². The predicted molar refractivity (Wildman–Crippen MR) is 78.9 cm³/mol. The van der Waals surface area contributed by atoms with Gasteiger partial charge in [-0.3, -0.25) is 4.79 Å². The molecule has 0 atom stereocenters. The van der Waals surface area contributed by atoms with Crippen molar-refractivity contribution in [3.8, 4) is 0 Å². The number of carbonyl (C=O) groups excluding carboxylic acids is 1. The first-order valence-electron chi connectivity index (χ1n) is 5.72. The largest absolute Gasteiger partial charge is 0.368 e. The number of nitrogens with zero attached hydrogens (tertiary/aromatic N) is 3. The highest BCUT2D eigenvalue weighted by Gasteiger charge is 2.16. The summed E-state index contributed by atoms with van der Waals surface area (Å²) in [6.45, 7) is 0. The van der Waals surface area contributed by atoms with Gasteiger partial charge in [0.1, 0.15) is 5.82 Å². The van der Waals surface area contributed by atoms with E-state index in [4.69, 9.17) is 5.73 Å². The number of anilines is 2. The van der Waals surface area contributed by atoms with Crippen molar-refractivity contribution in [1.29, 1.82) is 0 Å². The molecule has 0 aliphatic rings. The second-order valence-electron chi connectivity index (χ2n) is 3.94. The van der Waals surface area contributed by atoms with Gasteiger partial charge in [-0.15, -0.1) is 4.91 Å². The molecule has 2 rings (SSSR count). The molecule has 0 saturated heterocycles. The van der Waals surface area contributed by atoms with Crippen LogP contribution in [0.2, 0.25) is 0 Å². The molecule has 1 amide bonds. The summed E-state index contributed by atoms with van der Waals surface area (Å²) in [7, 11) is 0. The molecule has 108 valence electrons. The van der Waals surface area contributed by atoms with Gasteiger partial charge in [0.2, 0.25) is 5.95 Å². The number of nitrogens with two attached hydrogens (primary N) is 1. The standard InChI is InChI=1S/C12H10FN5O2S/c13-7-3-1-6(2-4-7)11(19)16-10-9(18-20)8(5-21)15-12(14)17-10/h1-4,21H,5H2,(H3,14,15,16,17,19). The first kappa shape index (κ1) is 14.9. The summed E-state index contributed by atoms with van der Waals surface area (Å²) in [5.41, 5.74) is 5.74. The number of hydrogen-bond donors (Lipinski definition) is 3. The van der Waals surface area contributed by atoms with E-state index in [0.29, 0.717) is 0 Å². The van der Waals surface area contributed by atoms with Crippen molar-refractivity contribution in [3.05, 3.63) is 46.2 Å². The topological polar surface area (TPSA) is 110 Å². The van der Waals surface area contributed by atoms with Crippen molar-refractivity contribution < 1.29 is 9.18 Å². The van der Waals surface area contributed by atoms with E-state index < -0.39 is 11.7 Å². The van der Waals surface area contributed by atoms with Crippen LogP contribution in [0.4, 0.5) is 21.8 Å². The molecular formula is C12H10FN5O2S. The van der Waals surface area contributed by atoms with Crippen LogP contribution in [0.5, 0.6) is 0 Å². The highest BCUT2D eigenvalue weighted by molar-refractivity contribution is 7.79. The molecule has 7 nitrogen and oxygen atoms in total. The lowest BCUT2D eigenvalue weighted by Crippen LogP contribution is -2.15. The van der Waals surface area contributed by atoms with Gasteiger partial charge in [-0.25, -0.2) is 9.37 Å². The molecule has 1 aromatic carbocycles. The van der Waals surface area contributed by atoms with Gasteiger partial charge in [-0.05, 0) is 29.4 Å². The molecule has 3 N–H and O–H groups in total. The van der Waals surface area contributed by atoms with Crippen LogP contribution in [-0.4, -0.2) is 15.9 Å². The monoisotopic (exact) mass is 307 g/mol. The number of thiol groups is 1. The van der Waals surface area contributed by atoms with Crippen LogP contribution in [-0.2, 0) is 5.75 Å². The summed E-state index contributed by atoms with van der Waals surface area (Å²) < 4.78 is 12.8. The van der Waals surface area contributed by atoms with Gasteiger partial charge in [0.05, 0.1) is 5.69 Å². The summed E-state index contributed by atoms with van der Waals surface area (Å²) in [6, 6.07) is 4.87. The third-order valence-electron chi connectivity index (χ3n) is 2.55. The van der Waals surface area contributed by atoms with Crippen LogP contribution in [0, 0.1) is 10.7 Å². The van der Waals surface area contributed by atoms with E-state index >= 15 is 0 Å². The summed E-state index contributed by atoms with van der Waals surface area (Å²) in [5.74, 6) is -1.18. The molecule has 9 heteroatoms. The molecule has 0 bridgehead atoms. The second kappa shape index (κ2) is 6.27. The molecule has 21 heavy (non-hydrogen) atoms. The van der Waals surface area contributed by atoms with Gasteiger partial charge >= 0.3 is 0 Å². The number of nitroso groups, excluding NO2 is 1. The highest BCUT2D eigenvalue weighted by atomic mass is 32.1. The van der Waals surface area contributed by atoms with Crippen LogP contribution in [0.15, 0.2) is 29.4 Å². The maximum absolute atomic E-state index is 12.8. The molecule has 0 unspecified atom stereocenters. The molecule has 0 aliphatic carbocycles. The van der Waals surface area contributed by atoms with Gasteiger partial charge in [0.25, 0.3) is 5.91 Å². The number of rotatable bonds is 4. The molecule has 0 aliphatic heterocycles. The quantitative estimate of drug-likeness (QED) is 0.593. The minimum Gasteiger partial charge on any atom is -0.368 e. The van der Waals surface area contributed by atoms with E-state index in [1.807, 2.05) is 0 Å². The lowest BCUT2D eigenvalue weighted by Gasteiger charge is -2.09. The maximum Gasteiger partial charge on any atom is 0.256 e. The zero-order chi connectivity index (χ0) is 15.4. The molecular weight excluding hydrogens is 297 g/mol. The SMILES string of the molecule is Nc1nc(CS)c(N=O)c(NC(=O)c2ccc(F)cc2)n1. The van der Waals surface area contributed by atoms with E-state index in [1.54, 1.807) is 0 Å². The fraction of sp³-hybridized carbons (Fsp3) is 0.0833. The van der Waals surface area contributed by atoms with Crippen molar-refractivity contribution in [2.24, 2.45) is 5.18 Å². The van der Waals surface area contributed by atoms with Gasteiger partial charge in [0.15, 0.2) is 11.5 Å². The first-order valence-corrected chi connectivity index (χ1v) is 6.36. The number of amides is 1. The summed E-state index contributed by atoms with van der Waals surface area (Å²) in [4.78, 5) is 30.5. The molecule has 0 fully saturated rings. The van der Waals surface area contributed by atoms with Gasteiger partial charge < -0.3 is 11.1 Å². The zero-order valence-corrected chi connectivity index (χ0v) is 11.5. The summed E-state index contributed by atoms with van der Waals surface area (Å²) in [5, 5.41) is 5.18. The predicted octanol–water partition coefficient (Wildman–Crippen LogP) is 2.28. The molecule has 1 heterocycles. The Morgan fingerprint density at radius 1 is 1.33 bits per heavy atom. The molecule has 0 spiro atoms. The third kappa shape index (κ3) is 3.31. The minimum atomic E-state index is -0.580. The molecule has 0 radical (unpaired) electrons. The Kier molecular flexibility index (Phi) is 4.43. The smallest absolute Gasteiger partial charge is 0.256 e. The van der Waals surface area contributed by atoms with Crippen LogP contribution in [0.3, 0.4) is 0 Å². The lowest BCUT2D eigenvalue weighted by molar-refractivity contribution is 0.102. The number of carbonyl (C=O) groups is 1. The summed E-state index contributed by atoms with van der Waals surface area (Å²) >= 11 is 4.00. The average Bonchev–Trinajstić information content (AvgIpc) is 2.47. The number of hydrogen-bond acceptors (Lipinski definition) is 7. The fourth-order valence-electron chi connectivity index (χ4n) is 1.59. The Hall–Kier alpha value is -2.55. The number of nitrogen functional groups attached to an aromatic ring is 1. The Bertz CT molecular complexity index is 693. The zero-order valence-electron chi connectivity index (χ0n) is 10.6. The first-order chi connectivity index (χ1) is 10.0. The van der Waals surface area contributed by atoms with E-state index in [-0.39, 0.29) is 34.5 Å². The maximum atomic E-state index is 12.8. The third-order valence-corrected chi connectivity index (χ3v) is 2.85. The number of halogens is 1. The van der Waals surface area contributed by atoms with Gasteiger partial charge in [-0.1, -0.05) is 0 Å². The van der Waals surface area contributed by atoms with E-state index in [2.05, 4.69) is 33.1 Å². The van der Waals surface area contributed by atoms with Gasteiger partial charge in [0, 0.05) is 11.3 Å². The van der Waals surface area contributed by atoms with E-state index in [0.717, 1.165) is 12.1 Å². The van der Waals surface area contributed by atoms with Crippen LogP contribution < -0.4 is 11.1 Å². The Labute approximate surface area is 124 Å². The normalized spacial score (nSPS) is 10.2. The number of aromatic nitrogens is 2. The number of benzene rings is 1. The number of nitrogens with one attached hydrogen (secondary N) is 1. The van der Waals surface area contributed by atoms with Crippen LogP contribution in [0.1, 0.15) is 16.1 Å². The van der Waals surface area contributed by atoms with Crippen molar-refractivity contribution in [1.82, 2.24) is 9.97 Å². The minimum absolute atomic E-state index is 0.104. The van der Waals surface area contributed by atoms with Crippen LogP contribution >= 0.6 is 12.6 Å². The molecule has 1 aromatic heterocycles. The fourth-order valence-corrected chi connectivity index (χ4v) is 1.82. The molecule has 2 aromatic rings. The Morgan fingerprint density at radius 2 is 2.00 bits per heavy atom. The van der Waals surface area contributed by atoms with Crippen molar-refractivity contribution in [3.63, 3.8) is 0 Å². The molecule has 0 saturated carbocycles. The Balaban J connectivity index is 2.34. The van der Waals surface area contributed by atoms with Crippen LogP contribution in [0.25, 0.3) is 0 Å². The summed E-state index contributed by atoms with van der Waals surface area (Å²) in [6.07, 6.45) is 0. The van der Waals surface area contributed by atoms with E-state index in [1.165, 1.54) is 12.1 Å². The Morgan fingerprint density at radius 3 is 2.57 bits per heavy atom. The average molecular weight is 307 g/mol. The lowest BCUT2D eigenvalue weighted by atomic mass is 10.2. The second-order valence-corrected chi connectivity index (χ2v) is 4.25. The van der Waals surface area contributed by atoms with Gasteiger partial charge in [-0.2, -0.15) is 17.6 Å². The van der Waals surface area contributed by atoms with Crippen molar-refractivity contribution in [2.45, 2.75) is 5.75 Å².